The summed E-state index contributed by atoms with van der Waals surface area (Å²) in [6.45, 7) is 0.528. The molecule has 0 spiro atoms. The van der Waals surface area contributed by atoms with Crippen LogP contribution in [0.25, 0.3) is 0 Å². The van der Waals surface area contributed by atoms with E-state index in [0.717, 1.165) is 26.9 Å². The fourth-order valence-electron chi connectivity index (χ4n) is 2.40. The first-order valence-corrected chi connectivity index (χ1v) is 9.31. The molecule has 0 heterocycles. The van der Waals surface area contributed by atoms with Gasteiger partial charge < -0.3 is 4.74 Å². The molecule has 0 radical (unpaired) electrons. The van der Waals surface area contributed by atoms with Crippen molar-refractivity contribution in [3.63, 3.8) is 0 Å². The highest BCUT2D eigenvalue weighted by Crippen LogP contribution is 2.13. The van der Waals surface area contributed by atoms with Crippen LogP contribution >= 0.6 is 15.9 Å². The van der Waals surface area contributed by atoms with Crippen LogP contribution < -0.4 is 10.2 Å². The van der Waals surface area contributed by atoms with E-state index in [9.17, 15) is 4.79 Å². The summed E-state index contributed by atoms with van der Waals surface area (Å²) < 4.78 is 6.73. The molecule has 3 aromatic rings. The molecule has 4 nitrogen and oxygen atoms in total. The first kappa shape index (κ1) is 18.9. The molecule has 0 aliphatic rings. The highest BCUT2D eigenvalue weighted by molar-refractivity contribution is 9.10. The number of halogens is 1. The average Bonchev–Trinajstić information content (AvgIpc) is 2.70. The molecule has 0 bridgehead atoms. The summed E-state index contributed by atoms with van der Waals surface area (Å²) in [6, 6.07) is 25.2. The lowest BCUT2D eigenvalue weighted by atomic mass is 10.1. The number of ether oxygens (including phenoxy) is 1. The number of carbonyl (C=O) groups excluding carboxylic acids is 1. The first-order valence-electron chi connectivity index (χ1n) is 8.52. The normalized spacial score (nSPS) is 10.7. The molecule has 3 rings (SSSR count). The highest BCUT2D eigenvalue weighted by atomic mass is 79.9. The molecule has 5 heteroatoms. The van der Waals surface area contributed by atoms with Crippen LogP contribution in [-0.2, 0) is 17.8 Å². The molecule has 136 valence electrons. The summed E-state index contributed by atoms with van der Waals surface area (Å²) in [5, 5.41) is 4.00. The third kappa shape index (κ3) is 6.38. The molecule has 1 amide bonds. The largest absolute Gasteiger partial charge is 0.489 e. The Hall–Kier alpha value is -2.92. The summed E-state index contributed by atoms with van der Waals surface area (Å²) in [4.78, 5) is 11.9. The van der Waals surface area contributed by atoms with Crippen molar-refractivity contribution in [2.75, 3.05) is 0 Å². The van der Waals surface area contributed by atoms with E-state index in [1.54, 1.807) is 6.21 Å². The van der Waals surface area contributed by atoms with Crippen LogP contribution in [0.15, 0.2) is 88.4 Å². The number of nitrogens with one attached hydrogen (secondary N) is 1. The van der Waals surface area contributed by atoms with Gasteiger partial charge in [-0.05, 0) is 53.1 Å². The van der Waals surface area contributed by atoms with E-state index in [1.165, 1.54) is 0 Å². The van der Waals surface area contributed by atoms with E-state index in [4.69, 9.17) is 4.74 Å². The van der Waals surface area contributed by atoms with Crippen LogP contribution in [0, 0.1) is 0 Å². The third-order valence-electron chi connectivity index (χ3n) is 3.81. The Morgan fingerprint density at radius 3 is 2.33 bits per heavy atom. The number of rotatable bonds is 7. The zero-order valence-electron chi connectivity index (χ0n) is 14.6. The number of carbonyl (C=O) groups is 1. The Labute approximate surface area is 167 Å². The lowest BCUT2D eigenvalue weighted by Gasteiger charge is -2.06. The number of hydrogen-bond acceptors (Lipinski definition) is 3. The minimum absolute atomic E-state index is 0.156. The Bertz CT molecular complexity index is 892. The fourth-order valence-corrected chi connectivity index (χ4v) is 2.66. The molecule has 0 aliphatic carbocycles. The van der Waals surface area contributed by atoms with Gasteiger partial charge in [-0.15, -0.1) is 0 Å². The Morgan fingerprint density at radius 2 is 1.63 bits per heavy atom. The van der Waals surface area contributed by atoms with E-state index in [-0.39, 0.29) is 12.3 Å². The van der Waals surface area contributed by atoms with Crippen molar-refractivity contribution >= 4 is 28.1 Å². The maximum atomic E-state index is 11.9. The summed E-state index contributed by atoms with van der Waals surface area (Å²) in [7, 11) is 0. The molecular weight excluding hydrogens is 404 g/mol. The Morgan fingerprint density at radius 1 is 0.926 bits per heavy atom. The average molecular weight is 423 g/mol. The summed E-state index contributed by atoms with van der Waals surface area (Å²) >= 11 is 3.37. The number of benzene rings is 3. The summed E-state index contributed by atoms with van der Waals surface area (Å²) in [6.07, 6.45) is 1.90. The van der Waals surface area contributed by atoms with E-state index in [1.807, 2.05) is 78.9 Å². The fraction of sp³-hybridized carbons (Fsp3) is 0.0909. The molecule has 0 saturated heterocycles. The van der Waals surface area contributed by atoms with Gasteiger partial charge in [0, 0.05) is 4.47 Å². The van der Waals surface area contributed by atoms with E-state index >= 15 is 0 Å². The molecule has 0 aliphatic heterocycles. The molecule has 0 fully saturated rings. The molecule has 0 aromatic heterocycles. The molecule has 0 saturated carbocycles. The Balaban J connectivity index is 1.46. The number of nitrogens with zero attached hydrogens (tertiary/aromatic N) is 1. The molecule has 0 atom stereocenters. The smallest absolute Gasteiger partial charge is 0.244 e. The minimum Gasteiger partial charge on any atom is -0.489 e. The number of amides is 1. The third-order valence-corrected chi connectivity index (χ3v) is 4.34. The molecule has 0 unspecified atom stereocenters. The number of hydrogen-bond donors (Lipinski definition) is 1. The van der Waals surface area contributed by atoms with Gasteiger partial charge in [0.1, 0.15) is 12.4 Å². The van der Waals surface area contributed by atoms with Crippen molar-refractivity contribution < 1.29 is 9.53 Å². The summed E-state index contributed by atoms with van der Waals surface area (Å²) in [5.41, 5.74) is 5.48. The maximum Gasteiger partial charge on any atom is 0.244 e. The van der Waals surface area contributed by atoms with E-state index in [0.29, 0.717) is 6.61 Å². The second-order valence-electron chi connectivity index (χ2n) is 5.94. The van der Waals surface area contributed by atoms with Crippen molar-refractivity contribution in [1.82, 2.24) is 5.43 Å². The van der Waals surface area contributed by atoms with Crippen LogP contribution in [0.2, 0.25) is 0 Å². The molecule has 3 aromatic carbocycles. The van der Waals surface area contributed by atoms with Gasteiger partial charge in [0.25, 0.3) is 0 Å². The predicted molar refractivity (Wildman–Crippen MR) is 111 cm³/mol. The van der Waals surface area contributed by atoms with Crippen LogP contribution in [0.5, 0.6) is 5.75 Å². The minimum atomic E-state index is -0.156. The molecular formula is C22H19BrN2O2. The second kappa shape index (κ2) is 9.69. The van der Waals surface area contributed by atoms with Gasteiger partial charge in [0.2, 0.25) is 5.91 Å². The van der Waals surface area contributed by atoms with Crippen LogP contribution in [-0.4, -0.2) is 12.1 Å². The first-order chi connectivity index (χ1) is 13.2. The van der Waals surface area contributed by atoms with Crippen molar-refractivity contribution in [1.29, 1.82) is 0 Å². The highest BCUT2D eigenvalue weighted by Gasteiger charge is 2.02. The van der Waals surface area contributed by atoms with E-state index < -0.39 is 0 Å². The topological polar surface area (TPSA) is 50.7 Å². The monoisotopic (exact) mass is 422 g/mol. The van der Waals surface area contributed by atoms with Crippen LogP contribution in [0.1, 0.15) is 16.7 Å². The van der Waals surface area contributed by atoms with Gasteiger partial charge in [-0.3, -0.25) is 4.79 Å². The zero-order valence-corrected chi connectivity index (χ0v) is 16.2. The second-order valence-corrected chi connectivity index (χ2v) is 6.86. The van der Waals surface area contributed by atoms with Crippen molar-refractivity contribution in [3.05, 3.63) is 100 Å². The zero-order chi connectivity index (χ0) is 18.9. The van der Waals surface area contributed by atoms with Crippen LogP contribution in [0.3, 0.4) is 0 Å². The molecule has 1 N–H and O–H groups in total. The summed E-state index contributed by atoms with van der Waals surface area (Å²) in [5.74, 6) is 0.631. The lowest BCUT2D eigenvalue weighted by Crippen LogP contribution is -2.19. The van der Waals surface area contributed by atoms with Crippen molar-refractivity contribution in [2.24, 2.45) is 5.10 Å². The maximum absolute atomic E-state index is 11.9. The van der Waals surface area contributed by atoms with Gasteiger partial charge in [-0.1, -0.05) is 58.4 Å². The van der Waals surface area contributed by atoms with Crippen molar-refractivity contribution in [2.45, 2.75) is 13.0 Å². The van der Waals surface area contributed by atoms with Gasteiger partial charge in [-0.25, -0.2) is 5.43 Å². The number of hydrazone groups is 1. The Kier molecular flexibility index (Phi) is 6.77. The van der Waals surface area contributed by atoms with E-state index in [2.05, 4.69) is 26.5 Å². The van der Waals surface area contributed by atoms with Gasteiger partial charge in [0.15, 0.2) is 0 Å². The van der Waals surface area contributed by atoms with Gasteiger partial charge in [0.05, 0.1) is 12.6 Å². The SMILES string of the molecule is O=C(Cc1ccc(Br)cc1)NN=Cc1ccc(OCc2ccccc2)cc1. The predicted octanol–water partition coefficient (Wildman–Crippen LogP) is 4.72. The lowest BCUT2D eigenvalue weighted by molar-refractivity contribution is -0.120. The van der Waals surface area contributed by atoms with Crippen molar-refractivity contribution in [3.8, 4) is 5.75 Å². The molecule has 27 heavy (non-hydrogen) atoms. The van der Waals surface area contributed by atoms with Gasteiger partial charge in [-0.2, -0.15) is 5.10 Å². The van der Waals surface area contributed by atoms with Gasteiger partial charge >= 0.3 is 0 Å². The standard InChI is InChI=1S/C22H19BrN2O2/c23-20-10-6-17(7-11-20)14-22(26)25-24-15-18-8-12-21(13-9-18)27-16-19-4-2-1-3-5-19/h1-13,15H,14,16H2,(H,25,26). The quantitative estimate of drug-likeness (QED) is 0.442. The van der Waals surface area contributed by atoms with Crippen LogP contribution in [0.4, 0.5) is 0 Å².